The molecule has 0 heterocycles. The average Bonchev–Trinajstić information content (AvgIpc) is 2.29. The maximum absolute atomic E-state index is 11.6. The summed E-state index contributed by atoms with van der Waals surface area (Å²) in [5.41, 5.74) is 0. The number of rotatable bonds is 6. The van der Waals surface area contributed by atoms with Gasteiger partial charge in [-0.2, -0.15) is 0 Å². The van der Waals surface area contributed by atoms with Crippen molar-refractivity contribution in [3.8, 4) is 5.75 Å². The number of ether oxygens (including phenoxy) is 1. The molecule has 0 bridgehead atoms. The Bertz CT molecular complexity index is 371. The van der Waals surface area contributed by atoms with Gasteiger partial charge in [-0.05, 0) is 32.2 Å². The fraction of sp³-hybridized carbons (Fsp3) is 0.417. The number of hydrogen-bond donors (Lipinski definition) is 2. The molecule has 1 unspecified atom stereocenters. The van der Waals surface area contributed by atoms with Crippen molar-refractivity contribution in [2.24, 2.45) is 0 Å². The topological polar surface area (TPSA) is 50.4 Å². The van der Waals surface area contributed by atoms with Crippen LogP contribution in [0, 0.1) is 0 Å². The van der Waals surface area contributed by atoms with Crippen LogP contribution < -0.4 is 15.4 Å². The third-order valence-electron chi connectivity index (χ3n) is 2.15. The van der Waals surface area contributed by atoms with Crippen LogP contribution in [0.2, 0.25) is 5.02 Å². The number of amides is 1. The zero-order chi connectivity index (χ0) is 12.7. The molecular formula is C12H17ClN2O2. The van der Waals surface area contributed by atoms with E-state index in [0.29, 0.717) is 17.3 Å². The summed E-state index contributed by atoms with van der Waals surface area (Å²) in [4.78, 5) is 11.6. The minimum atomic E-state index is -0.537. The van der Waals surface area contributed by atoms with E-state index in [2.05, 4.69) is 10.6 Å². The molecule has 0 aliphatic rings. The average molecular weight is 257 g/mol. The van der Waals surface area contributed by atoms with Gasteiger partial charge in [-0.3, -0.25) is 4.79 Å². The van der Waals surface area contributed by atoms with Gasteiger partial charge in [-0.25, -0.2) is 0 Å². The van der Waals surface area contributed by atoms with Gasteiger partial charge in [0.2, 0.25) is 0 Å². The van der Waals surface area contributed by atoms with E-state index in [-0.39, 0.29) is 5.91 Å². The van der Waals surface area contributed by atoms with Crippen LogP contribution in [-0.4, -0.2) is 32.1 Å². The molecule has 1 atom stereocenters. The number of benzene rings is 1. The molecule has 0 aliphatic heterocycles. The standard InChI is InChI=1S/C12H17ClN2O2/c1-9(12(16)15-7-6-14-2)17-11-5-3-4-10(13)8-11/h3-5,8-9,14H,6-7H2,1-2H3,(H,15,16). The molecule has 5 heteroatoms. The lowest BCUT2D eigenvalue weighted by atomic mass is 10.3. The molecule has 0 aromatic heterocycles. The number of nitrogens with one attached hydrogen (secondary N) is 2. The second kappa shape index (κ2) is 7.14. The molecule has 0 saturated heterocycles. The maximum Gasteiger partial charge on any atom is 0.260 e. The van der Waals surface area contributed by atoms with Crippen molar-refractivity contribution in [2.75, 3.05) is 20.1 Å². The molecule has 0 fully saturated rings. The van der Waals surface area contributed by atoms with Gasteiger partial charge < -0.3 is 15.4 Å². The molecule has 1 aromatic rings. The highest BCUT2D eigenvalue weighted by molar-refractivity contribution is 6.30. The van der Waals surface area contributed by atoms with Crippen molar-refractivity contribution >= 4 is 17.5 Å². The summed E-state index contributed by atoms with van der Waals surface area (Å²) in [7, 11) is 1.83. The van der Waals surface area contributed by atoms with E-state index in [1.807, 2.05) is 7.05 Å². The van der Waals surface area contributed by atoms with Gasteiger partial charge >= 0.3 is 0 Å². The van der Waals surface area contributed by atoms with E-state index in [0.717, 1.165) is 6.54 Å². The minimum absolute atomic E-state index is 0.139. The van der Waals surface area contributed by atoms with E-state index >= 15 is 0 Å². The Morgan fingerprint density at radius 2 is 2.24 bits per heavy atom. The Hall–Kier alpha value is -1.26. The molecule has 94 valence electrons. The van der Waals surface area contributed by atoms with Crippen LogP contribution in [0.15, 0.2) is 24.3 Å². The summed E-state index contributed by atoms with van der Waals surface area (Å²) in [5.74, 6) is 0.453. The highest BCUT2D eigenvalue weighted by Crippen LogP contribution is 2.18. The lowest BCUT2D eigenvalue weighted by Gasteiger charge is -2.14. The molecule has 1 amide bonds. The molecular weight excluding hydrogens is 240 g/mol. The summed E-state index contributed by atoms with van der Waals surface area (Å²) in [6.45, 7) is 3.02. The smallest absolute Gasteiger partial charge is 0.260 e. The van der Waals surface area contributed by atoms with Gasteiger partial charge in [-0.1, -0.05) is 17.7 Å². The molecule has 17 heavy (non-hydrogen) atoms. The minimum Gasteiger partial charge on any atom is -0.481 e. The van der Waals surface area contributed by atoms with E-state index in [4.69, 9.17) is 16.3 Å². The number of carbonyl (C=O) groups excluding carboxylic acids is 1. The van der Waals surface area contributed by atoms with E-state index in [1.54, 1.807) is 31.2 Å². The first kappa shape index (κ1) is 13.8. The zero-order valence-electron chi connectivity index (χ0n) is 10.00. The van der Waals surface area contributed by atoms with E-state index in [1.165, 1.54) is 0 Å². The number of halogens is 1. The van der Waals surface area contributed by atoms with Crippen LogP contribution in [-0.2, 0) is 4.79 Å². The van der Waals surface area contributed by atoms with Gasteiger partial charge in [0.1, 0.15) is 5.75 Å². The monoisotopic (exact) mass is 256 g/mol. The molecule has 1 rings (SSSR count). The van der Waals surface area contributed by atoms with Crippen LogP contribution in [0.25, 0.3) is 0 Å². The molecule has 0 radical (unpaired) electrons. The van der Waals surface area contributed by atoms with Crippen molar-refractivity contribution in [1.82, 2.24) is 10.6 Å². The van der Waals surface area contributed by atoms with Crippen molar-refractivity contribution in [3.63, 3.8) is 0 Å². The van der Waals surface area contributed by atoms with Crippen molar-refractivity contribution < 1.29 is 9.53 Å². The van der Waals surface area contributed by atoms with Crippen LogP contribution in [0.3, 0.4) is 0 Å². The fourth-order valence-electron chi connectivity index (χ4n) is 1.25. The van der Waals surface area contributed by atoms with E-state index < -0.39 is 6.10 Å². The van der Waals surface area contributed by atoms with Crippen molar-refractivity contribution in [1.29, 1.82) is 0 Å². The van der Waals surface area contributed by atoms with Crippen molar-refractivity contribution in [2.45, 2.75) is 13.0 Å². The van der Waals surface area contributed by atoms with Crippen molar-refractivity contribution in [3.05, 3.63) is 29.3 Å². The predicted molar refractivity (Wildman–Crippen MR) is 68.5 cm³/mol. The highest BCUT2D eigenvalue weighted by Gasteiger charge is 2.13. The van der Waals surface area contributed by atoms with E-state index in [9.17, 15) is 4.79 Å². The first-order chi connectivity index (χ1) is 8.13. The van der Waals surface area contributed by atoms with Crippen LogP contribution in [0.5, 0.6) is 5.75 Å². The second-order valence-corrected chi connectivity index (χ2v) is 4.05. The van der Waals surface area contributed by atoms with Gasteiger partial charge in [0, 0.05) is 18.1 Å². The number of carbonyl (C=O) groups is 1. The number of hydrogen-bond acceptors (Lipinski definition) is 3. The predicted octanol–water partition coefficient (Wildman–Crippen LogP) is 1.44. The van der Waals surface area contributed by atoms with Gasteiger partial charge in [0.15, 0.2) is 6.10 Å². The molecule has 0 spiro atoms. The Kier molecular flexibility index (Phi) is 5.80. The first-order valence-electron chi connectivity index (χ1n) is 5.48. The molecule has 0 saturated carbocycles. The third kappa shape index (κ3) is 5.06. The van der Waals surface area contributed by atoms with Crippen LogP contribution in [0.1, 0.15) is 6.92 Å². The number of likely N-dealkylation sites (N-methyl/N-ethyl adjacent to an activating group) is 1. The lowest BCUT2D eigenvalue weighted by Crippen LogP contribution is -2.39. The molecule has 0 aliphatic carbocycles. The largest absolute Gasteiger partial charge is 0.481 e. The summed E-state index contributed by atoms with van der Waals surface area (Å²) < 4.78 is 5.47. The third-order valence-corrected chi connectivity index (χ3v) is 2.39. The van der Waals surface area contributed by atoms with Crippen LogP contribution >= 0.6 is 11.6 Å². The Balaban J connectivity index is 2.43. The molecule has 1 aromatic carbocycles. The van der Waals surface area contributed by atoms with Gasteiger partial charge in [0.25, 0.3) is 5.91 Å². The molecule has 2 N–H and O–H groups in total. The second-order valence-electron chi connectivity index (χ2n) is 3.61. The lowest BCUT2D eigenvalue weighted by molar-refractivity contribution is -0.127. The molecule has 4 nitrogen and oxygen atoms in total. The normalized spacial score (nSPS) is 11.9. The quantitative estimate of drug-likeness (QED) is 0.758. The Morgan fingerprint density at radius 3 is 2.88 bits per heavy atom. The van der Waals surface area contributed by atoms with Crippen LogP contribution in [0.4, 0.5) is 0 Å². The maximum atomic E-state index is 11.6. The summed E-state index contributed by atoms with van der Waals surface area (Å²) in [5, 5.41) is 6.29. The summed E-state index contributed by atoms with van der Waals surface area (Å²) in [6.07, 6.45) is -0.537. The SMILES string of the molecule is CNCCNC(=O)C(C)Oc1cccc(Cl)c1. The van der Waals surface area contributed by atoms with Gasteiger partial charge in [0.05, 0.1) is 0 Å². The summed E-state index contributed by atoms with van der Waals surface area (Å²) in [6, 6.07) is 6.98. The van der Waals surface area contributed by atoms with Gasteiger partial charge in [-0.15, -0.1) is 0 Å². The summed E-state index contributed by atoms with van der Waals surface area (Å²) >= 11 is 5.82. The Morgan fingerprint density at radius 1 is 1.47 bits per heavy atom. The first-order valence-corrected chi connectivity index (χ1v) is 5.86. The highest BCUT2D eigenvalue weighted by atomic mass is 35.5. The Labute approximate surface area is 106 Å². The fourth-order valence-corrected chi connectivity index (χ4v) is 1.43. The zero-order valence-corrected chi connectivity index (χ0v) is 10.8.